The van der Waals surface area contributed by atoms with E-state index in [4.69, 9.17) is 70.6 Å². The Balaban J connectivity index is 0.00000142. The van der Waals surface area contributed by atoms with E-state index in [1.807, 2.05) is 205 Å². The van der Waals surface area contributed by atoms with Crippen molar-refractivity contribution in [1.82, 2.24) is 0 Å². The summed E-state index contributed by atoms with van der Waals surface area (Å²) in [6, 6.07) is 55.0. The third-order valence-corrected chi connectivity index (χ3v) is 16.4. The van der Waals surface area contributed by atoms with Gasteiger partial charge in [-0.1, -0.05) is 136 Å². The second kappa shape index (κ2) is 52.9. The van der Waals surface area contributed by atoms with Crippen molar-refractivity contribution in [2.45, 2.75) is 333 Å². The third-order valence-electron chi connectivity index (χ3n) is 15.1. The van der Waals surface area contributed by atoms with Crippen molar-refractivity contribution < 1.29 is 78.1 Å². The average molecular weight is 1920 g/mol. The van der Waals surface area contributed by atoms with E-state index in [9.17, 15) is 30.7 Å². The summed E-state index contributed by atoms with van der Waals surface area (Å²) >= 11 is 15.3. The lowest BCUT2D eigenvalue weighted by Gasteiger charge is -2.22. The molecule has 722 valence electrons. The molecule has 0 fully saturated rings. The summed E-state index contributed by atoms with van der Waals surface area (Å²) < 4.78 is 148. The van der Waals surface area contributed by atoms with Gasteiger partial charge >= 0.3 is 0 Å². The molecule has 10 rings (SSSR count). The van der Waals surface area contributed by atoms with Gasteiger partial charge in [0.2, 0.25) is 5.82 Å². The standard InChI is InChI=1S/2C12H18O.C11H14ClFO.C11H15ClO.2C11H14F2O.C11H16O.C10H13BrO.2C10H13FO.CH4/c2*1-9-6-7-11(10(2)8-9)13-12(3,4)5;1-7-5-6-8(13)10(9(7)12)14-11(2,3)4;1-8-5-6-10(9(12)7-8)13-11(2,3)4;1-7-5-9(13)10(6-8(7)12)14-11(2,3)4;1-7-5-6-8(10(13)9(7)12)14-11(2,3)4;1-9-5-7-10(8-6-9)12-11(2,3)4;1-10(2,3)12-9-6-4-8(11)5-7-9;1-10(2,3)12-9-6-4-5-8(11)7-9;1-10(2,3)12-9-7-5-4-6-8(9)11;/h2*6-8H,1-5H3;5-6H,1-4H3;5-7H,1-4H3;2*5-6H,1-4H3;5-8H,1-4H3;3*4-7H,1-3H3;1H4. The molecule has 0 amide bonds. The van der Waals surface area contributed by atoms with Crippen molar-refractivity contribution in [2.24, 2.45) is 0 Å². The van der Waals surface area contributed by atoms with Crippen molar-refractivity contribution in [2.75, 3.05) is 0 Å². The second-order valence-electron chi connectivity index (χ2n) is 40.8. The van der Waals surface area contributed by atoms with Crippen LogP contribution in [0.1, 0.15) is 265 Å². The molecule has 0 saturated heterocycles. The summed E-state index contributed by atoms with van der Waals surface area (Å²) in [6.07, 6.45) is 0. The summed E-state index contributed by atoms with van der Waals surface area (Å²) in [7, 11) is 0. The van der Waals surface area contributed by atoms with Crippen LogP contribution in [0.3, 0.4) is 0 Å². The highest BCUT2D eigenvalue weighted by atomic mass is 79.9. The molecule has 130 heavy (non-hydrogen) atoms. The number of benzene rings is 10. The minimum atomic E-state index is -0.917. The first-order chi connectivity index (χ1) is 58.5. The van der Waals surface area contributed by atoms with Gasteiger partial charge in [-0.15, -0.1) is 0 Å². The fraction of sp³-hybridized carbons (Fsp3) is 0.455. The maximum atomic E-state index is 13.4. The largest absolute Gasteiger partial charge is 0.488 e. The van der Waals surface area contributed by atoms with Gasteiger partial charge in [0.1, 0.15) is 102 Å². The quantitative estimate of drug-likeness (QED) is 0.123. The van der Waals surface area contributed by atoms with Crippen molar-refractivity contribution in [3.05, 3.63) is 293 Å². The van der Waals surface area contributed by atoms with E-state index < -0.39 is 45.9 Å². The van der Waals surface area contributed by atoms with Crippen LogP contribution in [-0.4, -0.2) is 56.0 Å². The number of hydrogen-bond donors (Lipinski definition) is 0. The number of para-hydroxylation sites is 1. The summed E-state index contributed by atoms with van der Waals surface area (Å²) in [5, 5.41) is 1.02. The molecule has 0 heterocycles. The molecule has 0 aliphatic heterocycles. The first kappa shape index (κ1) is 121. The van der Waals surface area contributed by atoms with Gasteiger partial charge in [-0.25, -0.2) is 26.3 Å². The van der Waals surface area contributed by atoms with Crippen molar-refractivity contribution in [3.63, 3.8) is 0 Å². The lowest BCUT2D eigenvalue weighted by molar-refractivity contribution is 0.122. The zero-order valence-electron chi connectivity index (χ0n) is 84.3. The Hall–Kier alpha value is -9.23. The van der Waals surface area contributed by atoms with Crippen molar-refractivity contribution in [3.8, 4) is 57.5 Å². The molecule has 0 aromatic heterocycles. The molecule has 0 saturated carbocycles. The minimum absolute atomic E-state index is 0. The minimum Gasteiger partial charge on any atom is -0.488 e. The highest BCUT2D eigenvalue weighted by Gasteiger charge is 2.24. The smallest absolute Gasteiger partial charge is 0.200 e. The lowest BCUT2D eigenvalue weighted by Crippen LogP contribution is -2.23. The van der Waals surface area contributed by atoms with Gasteiger partial charge in [-0.3, -0.25) is 0 Å². The molecule has 0 radical (unpaired) electrons. The molecule has 0 spiro atoms. The molecule has 0 unspecified atom stereocenters. The Morgan fingerprint density at radius 3 is 0.977 bits per heavy atom. The Morgan fingerprint density at radius 2 is 0.577 bits per heavy atom. The molecule has 0 aliphatic carbocycles. The van der Waals surface area contributed by atoms with Crippen LogP contribution in [0.2, 0.25) is 10.0 Å². The van der Waals surface area contributed by atoms with Crippen LogP contribution < -0.4 is 47.4 Å². The predicted molar refractivity (Wildman–Crippen MR) is 535 cm³/mol. The number of rotatable bonds is 10. The molecular formula is C110H152BrCl2F7O10. The van der Waals surface area contributed by atoms with E-state index in [1.165, 1.54) is 78.1 Å². The van der Waals surface area contributed by atoms with Crippen LogP contribution in [-0.2, 0) is 0 Å². The van der Waals surface area contributed by atoms with Gasteiger partial charge in [0, 0.05) is 16.6 Å². The monoisotopic (exact) mass is 1910 g/mol. The van der Waals surface area contributed by atoms with Gasteiger partial charge in [-0.2, -0.15) is 4.39 Å². The number of ether oxygens (including phenoxy) is 10. The molecule has 0 aliphatic rings. The molecule has 10 aromatic rings. The van der Waals surface area contributed by atoms with Gasteiger partial charge in [-0.05, 0) is 407 Å². The fourth-order valence-electron chi connectivity index (χ4n) is 10.2. The van der Waals surface area contributed by atoms with Gasteiger partial charge in [0.25, 0.3) is 0 Å². The highest BCUT2D eigenvalue weighted by Crippen LogP contribution is 2.36. The predicted octanol–water partition coefficient (Wildman–Crippen LogP) is 35.1. The molecule has 10 aromatic carbocycles. The first-order valence-corrected chi connectivity index (χ1v) is 44.5. The molecule has 0 bridgehead atoms. The Morgan fingerprint density at radius 1 is 0.231 bits per heavy atom. The van der Waals surface area contributed by atoms with E-state index >= 15 is 0 Å². The molecule has 0 N–H and O–H groups in total. The topological polar surface area (TPSA) is 92.3 Å². The van der Waals surface area contributed by atoms with Crippen LogP contribution in [0.4, 0.5) is 30.7 Å². The van der Waals surface area contributed by atoms with E-state index in [-0.39, 0.29) is 86.6 Å². The van der Waals surface area contributed by atoms with E-state index in [0.29, 0.717) is 21.5 Å². The maximum Gasteiger partial charge on any atom is 0.200 e. The zero-order chi connectivity index (χ0) is 99.7. The van der Waals surface area contributed by atoms with Crippen molar-refractivity contribution >= 4 is 39.1 Å². The summed E-state index contributed by atoms with van der Waals surface area (Å²) in [6.45, 7) is 75.6. The van der Waals surface area contributed by atoms with Gasteiger partial charge in [0.05, 0.1) is 10.0 Å². The normalized spacial score (nSPS) is 11.4. The van der Waals surface area contributed by atoms with E-state index in [2.05, 4.69) is 128 Å². The van der Waals surface area contributed by atoms with Crippen LogP contribution >= 0.6 is 39.1 Å². The maximum absolute atomic E-state index is 13.4. The van der Waals surface area contributed by atoms with Crippen LogP contribution in [0, 0.1) is 103 Å². The summed E-state index contributed by atoms with van der Waals surface area (Å²) in [5.41, 5.74) is 5.99. The molecule has 20 heteroatoms. The van der Waals surface area contributed by atoms with Gasteiger partial charge in [0.15, 0.2) is 46.3 Å². The Labute approximate surface area is 796 Å². The number of aryl methyl sites for hydroxylation is 9. The Bertz CT molecular complexity index is 4800. The van der Waals surface area contributed by atoms with Crippen LogP contribution in [0.5, 0.6) is 57.5 Å². The zero-order valence-corrected chi connectivity index (χ0v) is 87.4. The molecule has 10 nitrogen and oxygen atoms in total. The summed E-state index contributed by atoms with van der Waals surface area (Å²) in [4.78, 5) is 0. The van der Waals surface area contributed by atoms with Crippen molar-refractivity contribution in [1.29, 1.82) is 0 Å². The first-order valence-electron chi connectivity index (χ1n) is 43.0. The average Bonchev–Trinajstić information content (AvgIpc) is 0.837. The van der Waals surface area contributed by atoms with E-state index in [0.717, 1.165) is 56.5 Å². The number of hydrogen-bond acceptors (Lipinski definition) is 10. The van der Waals surface area contributed by atoms with Crippen LogP contribution in [0.15, 0.2) is 193 Å². The second-order valence-corrected chi connectivity index (χ2v) is 42.5. The third kappa shape index (κ3) is 56.5. The lowest BCUT2D eigenvalue weighted by atomic mass is 10.1. The Kier molecular flexibility index (Phi) is 49.1. The fourth-order valence-corrected chi connectivity index (χ4v) is 10.9. The van der Waals surface area contributed by atoms with Gasteiger partial charge < -0.3 is 47.4 Å². The number of halogens is 10. The molecule has 0 atom stereocenters. The SMILES string of the molecule is C.CC(C)(C)Oc1ccc(Br)cc1.CC(C)(C)Oc1cccc(F)c1.CC(C)(C)Oc1ccccc1F.Cc1cc(F)c(OC(C)(C)C)cc1F.Cc1ccc(F)c(OC(C)(C)C)c1Cl.Cc1ccc(OC(C)(C)C)c(C)c1.Cc1ccc(OC(C)(C)C)c(C)c1.Cc1ccc(OC(C)(C)C)c(Cl)c1.Cc1ccc(OC(C)(C)C)c(F)c1F.Cc1ccc(OC(C)(C)C)cc1. The van der Waals surface area contributed by atoms with Crippen LogP contribution in [0.25, 0.3) is 0 Å². The molecular weight excluding hydrogens is 1760 g/mol. The van der Waals surface area contributed by atoms with E-state index in [1.54, 1.807) is 77.9 Å². The summed E-state index contributed by atoms with van der Waals surface area (Å²) in [5.74, 6) is 1.76. The highest BCUT2D eigenvalue weighted by molar-refractivity contribution is 9.10.